The number of likely N-dealkylation sites (N-methyl/N-ethyl adjacent to an activating group) is 1. The second kappa shape index (κ2) is 7.62. The van der Waals surface area contributed by atoms with Gasteiger partial charge in [-0.25, -0.2) is 4.79 Å². The van der Waals surface area contributed by atoms with Gasteiger partial charge >= 0.3 is 11.3 Å². The van der Waals surface area contributed by atoms with Gasteiger partial charge in [0.05, 0.1) is 18.5 Å². The molecule has 0 bridgehead atoms. The van der Waals surface area contributed by atoms with Crippen LogP contribution in [-0.2, 0) is 0 Å². The molecule has 3 rings (SSSR count). The van der Waals surface area contributed by atoms with Crippen molar-refractivity contribution in [2.45, 2.75) is 6.42 Å². The normalized spacial score (nSPS) is 20.5. The summed E-state index contributed by atoms with van der Waals surface area (Å²) in [7, 11) is 2.21. The topological polar surface area (TPSA) is 94.3 Å². The zero-order chi connectivity index (χ0) is 17.8. The monoisotopic (exact) mass is 348 g/mol. The van der Waals surface area contributed by atoms with Crippen molar-refractivity contribution in [2.24, 2.45) is 0 Å². The van der Waals surface area contributed by atoms with E-state index in [1.54, 1.807) is 34.1 Å². The van der Waals surface area contributed by atoms with Crippen molar-refractivity contribution in [3.8, 4) is 0 Å². The molecular weight excluding hydrogens is 324 g/mol. The van der Waals surface area contributed by atoms with Gasteiger partial charge in [0, 0.05) is 18.4 Å². The fraction of sp³-hybridized carbons (Fsp3) is 0.471. The Morgan fingerprint density at radius 3 is 2.68 bits per heavy atom. The van der Waals surface area contributed by atoms with Crippen LogP contribution in [0.25, 0.3) is 11.0 Å². The van der Waals surface area contributed by atoms with Crippen LogP contribution in [0.2, 0.25) is 0 Å². The Bertz CT molecular complexity index is 812. The Kier molecular flexibility index (Phi) is 5.30. The van der Waals surface area contributed by atoms with E-state index in [2.05, 4.69) is 12.4 Å². The summed E-state index contributed by atoms with van der Waals surface area (Å²) in [6, 6.07) is 6.87. The van der Waals surface area contributed by atoms with Gasteiger partial charge in [-0.15, -0.1) is 0 Å². The van der Waals surface area contributed by atoms with Crippen molar-refractivity contribution < 1.29 is 19.1 Å². The molecule has 1 aromatic carbocycles. The van der Waals surface area contributed by atoms with Gasteiger partial charge < -0.3 is 19.5 Å². The van der Waals surface area contributed by atoms with Crippen LogP contribution in [0.3, 0.4) is 0 Å². The lowest BCUT2D eigenvalue weighted by atomic mass is 10.2. The van der Waals surface area contributed by atoms with Crippen molar-refractivity contribution in [1.82, 2.24) is 0 Å². The molecule has 2 heterocycles. The van der Waals surface area contributed by atoms with Crippen LogP contribution in [-0.4, -0.2) is 51.2 Å². The standard InChI is InChI=1S/C17H22N4O4/c1-19-9-11-20(12-10-19)8-4-7-18-15-13-5-2-3-6-14(13)25-17(22)16(15)21(23)24/h2-3,5-6,18H,4,7-12H2,1H3/p+2. The van der Waals surface area contributed by atoms with Crippen LogP contribution in [0.4, 0.5) is 11.4 Å². The van der Waals surface area contributed by atoms with Crippen molar-refractivity contribution >= 4 is 22.3 Å². The number of hydrogen-bond donors (Lipinski definition) is 3. The maximum Gasteiger partial charge on any atom is 0.417 e. The molecular formula is C17H24N4O4+2. The SMILES string of the molecule is C[NH+]1CC[NH+](CCCNc2c([N+](=O)[O-])c(=O)oc3ccccc23)CC1. The summed E-state index contributed by atoms with van der Waals surface area (Å²) in [5.41, 5.74) is -0.823. The van der Waals surface area contributed by atoms with Crippen molar-refractivity contribution in [3.63, 3.8) is 0 Å². The molecule has 8 heteroatoms. The van der Waals surface area contributed by atoms with Crippen molar-refractivity contribution in [2.75, 3.05) is 51.6 Å². The maximum atomic E-state index is 12.0. The highest BCUT2D eigenvalue weighted by Gasteiger charge is 2.24. The highest BCUT2D eigenvalue weighted by molar-refractivity contribution is 5.94. The molecule has 1 aliphatic heterocycles. The summed E-state index contributed by atoms with van der Waals surface area (Å²) in [5.74, 6) is 0. The van der Waals surface area contributed by atoms with Gasteiger partial charge in [-0.3, -0.25) is 10.1 Å². The lowest BCUT2D eigenvalue weighted by Gasteiger charge is -2.27. The number of benzene rings is 1. The first-order valence-electron chi connectivity index (χ1n) is 8.65. The predicted octanol–water partition coefficient (Wildman–Crippen LogP) is -1.08. The third kappa shape index (κ3) is 3.97. The number of rotatable bonds is 6. The fourth-order valence-corrected chi connectivity index (χ4v) is 3.32. The second-order valence-electron chi connectivity index (χ2n) is 6.60. The van der Waals surface area contributed by atoms with Crippen LogP contribution in [0.1, 0.15) is 6.42 Å². The Morgan fingerprint density at radius 1 is 1.24 bits per heavy atom. The van der Waals surface area contributed by atoms with Gasteiger partial charge in [-0.05, 0) is 12.1 Å². The lowest BCUT2D eigenvalue weighted by Crippen LogP contribution is -3.27. The van der Waals surface area contributed by atoms with Gasteiger partial charge in [0.1, 0.15) is 37.4 Å². The van der Waals surface area contributed by atoms with Crippen LogP contribution in [0.15, 0.2) is 33.5 Å². The highest BCUT2D eigenvalue weighted by Crippen LogP contribution is 2.29. The maximum absolute atomic E-state index is 12.0. The van der Waals surface area contributed by atoms with Gasteiger partial charge in [0.15, 0.2) is 0 Å². The number of piperazine rings is 1. The van der Waals surface area contributed by atoms with Crippen molar-refractivity contribution in [1.29, 1.82) is 0 Å². The zero-order valence-electron chi connectivity index (χ0n) is 14.3. The van der Waals surface area contributed by atoms with Crippen LogP contribution in [0.5, 0.6) is 0 Å². The molecule has 1 saturated heterocycles. The van der Waals surface area contributed by atoms with E-state index in [1.807, 2.05) is 0 Å². The molecule has 1 aromatic heterocycles. The van der Waals surface area contributed by atoms with E-state index in [0.29, 0.717) is 17.5 Å². The minimum absolute atomic E-state index is 0.259. The smallest absolute Gasteiger partial charge is 0.417 e. The van der Waals surface area contributed by atoms with E-state index >= 15 is 0 Å². The molecule has 0 atom stereocenters. The predicted molar refractivity (Wildman–Crippen MR) is 94.4 cm³/mol. The minimum Gasteiger partial charge on any atom is -0.418 e. The summed E-state index contributed by atoms with van der Waals surface area (Å²) in [6.45, 7) is 6.28. The molecule has 8 nitrogen and oxygen atoms in total. The van der Waals surface area contributed by atoms with Gasteiger partial charge in [-0.2, -0.15) is 0 Å². The quantitative estimate of drug-likeness (QED) is 0.267. The summed E-state index contributed by atoms with van der Waals surface area (Å²) >= 11 is 0. The molecule has 1 fully saturated rings. The van der Waals surface area contributed by atoms with Crippen LogP contribution < -0.4 is 20.7 Å². The second-order valence-corrected chi connectivity index (χ2v) is 6.60. The Hall–Kier alpha value is -2.45. The zero-order valence-corrected chi connectivity index (χ0v) is 14.3. The summed E-state index contributed by atoms with van der Waals surface area (Å²) < 4.78 is 5.06. The third-order valence-corrected chi connectivity index (χ3v) is 4.79. The van der Waals surface area contributed by atoms with E-state index in [0.717, 1.165) is 26.1 Å². The fourth-order valence-electron chi connectivity index (χ4n) is 3.32. The van der Waals surface area contributed by atoms with Gasteiger partial charge in [0.25, 0.3) is 0 Å². The third-order valence-electron chi connectivity index (χ3n) is 4.79. The number of fused-ring (bicyclic) bond motifs is 1. The van der Waals surface area contributed by atoms with Gasteiger partial charge in [0.2, 0.25) is 0 Å². The van der Waals surface area contributed by atoms with Gasteiger partial charge in [-0.1, -0.05) is 12.1 Å². The Balaban J connectivity index is 1.71. The molecule has 0 spiro atoms. The average Bonchev–Trinajstić information content (AvgIpc) is 2.59. The number of nitrogens with zero attached hydrogens (tertiary/aromatic N) is 1. The highest BCUT2D eigenvalue weighted by atomic mass is 16.6. The first-order valence-corrected chi connectivity index (χ1v) is 8.65. The summed E-state index contributed by atoms with van der Waals surface area (Å²) in [4.78, 5) is 25.7. The number of hydrogen-bond acceptors (Lipinski definition) is 5. The van der Waals surface area contributed by atoms with E-state index in [4.69, 9.17) is 4.42 Å². The molecule has 25 heavy (non-hydrogen) atoms. The lowest BCUT2D eigenvalue weighted by molar-refractivity contribution is -1.00. The molecule has 0 amide bonds. The van der Waals surface area contributed by atoms with Crippen LogP contribution >= 0.6 is 0 Å². The minimum atomic E-state index is -0.918. The average molecular weight is 348 g/mol. The first kappa shape index (κ1) is 17.4. The number of anilines is 1. The molecule has 0 aliphatic carbocycles. The molecule has 2 aromatic rings. The molecule has 0 radical (unpaired) electrons. The van der Waals surface area contributed by atoms with Crippen LogP contribution in [0, 0.1) is 10.1 Å². The molecule has 134 valence electrons. The largest absolute Gasteiger partial charge is 0.418 e. The molecule has 0 saturated carbocycles. The number of nitro groups is 1. The first-order chi connectivity index (χ1) is 12.1. The van der Waals surface area contributed by atoms with E-state index < -0.39 is 16.2 Å². The van der Waals surface area contributed by atoms with E-state index in [1.165, 1.54) is 13.1 Å². The molecule has 3 N–H and O–H groups in total. The molecule has 0 unspecified atom stereocenters. The van der Waals surface area contributed by atoms with E-state index in [-0.39, 0.29) is 5.69 Å². The Morgan fingerprint density at radius 2 is 1.96 bits per heavy atom. The number of nitrogens with one attached hydrogen (secondary N) is 3. The number of quaternary nitrogens is 2. The van der Waals surface area contributed by atoms with E-state index in [9.17, 15) is 14.9 Å². The Labute approximate surface area is 145 Å². The number of para-hydroxylation sites is 1. The summed E-state index contributed by atoms with van der Waals surface area (Å²) in [6.07, 6.45) is 0.889. The summed E-state index contributed by atoms with van der Waals surface area (Å²) in [5, 5.41) is 15.0. The van der Waals surface area contributed by atoms with Crippen molar-refractivity contribution in [3.05, 3.63) is 44.8 Å². The molecule has 1 aliphatic rings.